The van der Waals surface area contributed by atoms with Crippen molar-refractivity contribution in [1.29, 1.82) is 0 Å². The standard InChI is InChI=1S/C16H20N4/c1-11(2)13-10-15(19-16(17)18-13)20-9-5-7-12-6-3-4-8-14(12)20/h3-4,6,8,10-11H,5,7,9H2,1-2H3,(H2,17,18,19). The SMILES string of the molecule is CC(C)c1cc(N2CCCc3ccccc32)nc(N)n1. The number of anilines is 3. The molecule has 0 amide bonds. The third-order valence-corrected chi connectivity index (χ3v) is 3.73. The molecule has 0 bridgehead atoms. The second-order valence-electron chi connectivity index (χ2n) is 5.55. The molecule has 1 aromatic carbocycles. The summed E-state index contributed by atoms with van der Waals surface area (Å²) >= 11 is 0. The van der Waals surface area contributed by atoms with E-state index in [2.05, 4.69) is 59.0 Å². The van der Waals surface area contributed by atoms with Crippen LogP contribution in [0.5, 0.6) is 0 Å². The van der Waals surface area contributed by atoms with E-state index in [9.17, 15) is 0 Å². The number of benzene rings is 1. The molecule has 2 aromatic rings. The van der Waals surface area contributed by atoms with Crippen LogP contribution >= 0.6 is 0 Å². The average Bonchev–Trinajstić information content (AvgIpc) is 2.46. The Morgan fingerprint density at radius 2 is 2.00 bits per heavy atom. The first-order chi connectivity index (χ1) is 9.65. The summed E-state index contributed by atoms with van der Waals surface area (Å²) in [6, 6.07) is 10.6. The second kappa shape index (κ2) is 5.12. The minimum Gasteiger partial charge on any atom is -0.368 e. The Labute approximate surface area is 119 Å². The van der Waals surface area contributed by atoms with E-state index in [-0.39, 0.29) is 0 Å². The van der Waals surface area contributed by atoms with Crippen molar-refractivity contribution < 1.29 is 0 Å². The molecule has 20 heavy (non-hydrogen) atoms. The van der Waals surface area contributed by atoms with Crippen molar-refractivity contribution in [3.63, 3.8) is 0 Å². The Kier molecular flexibility index (Phi) is 3.30. The molecule has 0 radical (unpaired) electrons. The van der Waals surface area contributed by atoms with Crippen molar-refractivity contribution in [3.8, 4) is 0 Å². The van der Waals surface area contributed by atoms with Crippen molar-refractivity contribution in [2.75, 3.05) is 17.2 Å². The highest BCUT2D eigenvalue weighted by molar-refractivity contribution is 5.66. The first-order valence-corrected chi connectivity index (χ1v) is 7.15. The molecule has 0 atom stereocenters. The second-order valence-corrected chi connectivity index (χ2v) is 5.55. The van der Waals surface area contributed by atoms with Gasteiger partial charge in [-0.1, -0.05) is 32.0 Å². The molecule has 0 unspecified atom stereocenters. The summed E-state index contributed by atoms with van der Waals surface area (Å²) in [4.78, 5) is 11.0. The van der Waals surface area contributed by atoms with Gasteiger partial charge in [0, 0.05) is 18.3 Å². The number of nitrogens with zero attached hydrogens (tertiary/aromatic N) is 3. The molecule has 1 aliphatic heterocycles. The molecule has 0 saturated heterocycles. The number of rotatable bonds is 2. The van der Waals surface area contributed by atoms with Crippen LogP contribution in [0.4, 0.5) is 17.5 Å². The van der Waals surface area contributed by atoms with Crippen LogP contribution in [0.2, 0.25) is 0 Å². The number of aromatic nitrogens is 2. The maximum Gasteiger partial charge on any atom is 0.222 e. The Balaban J connectivity index is 2.06. The predicted octanol–water partition coefficient (Wildman–Crippen LogP) is 3.27. The van der Waals surface area contributed by atoms with Crippen LogP contribution in [0.15, 0.2) is 30.3 Å². The van der Waals surface area contributed by atoms with Gasteiger partial charge < -0.3 is 10.6 Å². The number of aryl methyl sites for hydroxylation is 1. The summed E-state index contributed by atoms with van der Waals surface area (Å²) in [6.45, 7) is 5.22. The zero-order chi connectivity index (χ0) is 14.1. The molecule has 2 heterocycles. The Morgan fingerprint density at radius 1 is 1.20 bits per heavy atom. The van der Waals surface area contributed by atoms with Crippen molar-refractivity contribution in [1.82, 2.24) is 9.97 Å². The Bertz CT molecular complexity index is 622. The number of hydrogen-bond donors (Lipinski definition) is 1. The van der Waals surface area contributed by atoms with E-state index < -0.39 is 0 Å². The molecular weight excluding hydrogens is 248 g/mol. The van der Waals surface area contributed by atoms with Crippen LogP contribution in [0.3, 0.4) is 0 Å². The zero-order valence-electron chi connectivity index (χ0n) is 12.0. The largest absolute Gasteiger partial charge is 0.368 e. The van der Waals surface area contributed by atoms with Gasteiger partial charge in [0.15, 0.2) is 0 Å². The lowest BCUT2D eigenvalue weighted by atomic mass is 10.0. The van der Waals surface area contributed by atoms with Crippen LogP contribution in [0.25, 0.3) is 0 Å². The van der Waals surface area contributed by atoms with E-state index in [1.54, 1.807) is 0 Å². The van der Waals surface area contributed by atoms with Gasteiger partial charge in [0.1, 0.15) is 5.82 Å². The number of para-hydroxylation sites is 1. The summed E-state index contributed by atoms with van der Waals surface area (Å²) in [5.41, 5.74) is 9.49. The van der Waals surface area contributed by atoms with Gasteiger partial charge in [-0.15, -0.1) is 0 Å². The number of fused-ring (bicyclic) bond motifs is 1. The molecule has 2 N–H and O–H groups in total. The number of hydrogen-bond acceptors (Lipinski definition) is 4. The molecule has 0 saturated carbocycles. The first kappa shape index (κ1) is 12.9. The van der Waals surface area contributed by atoms with Gasteiger partial charge >= 0.3 is 0 Å². The van der Waals surface area contributed by atoms with Gasteiger partial charge in [-0.25, -0.2) is 4.98 Å². The molecule has 0 aliphatic carbocycles. The third-order valence-electron chi connectivity index (χ3n) is 3.73. The van der Waals surface area contributed by atoms with Gasteiger partial charge in [0.05, 0.1) is 5.69 Å². The topological polar surface area (TPSA) is 55.0 Å². The zero-order valence-corrected chi connectivity index (χ0v) is 12.0. The van der Waals surface area contributed by atoms with E-state index in [4.69, 9.17) is 5.73 Å². The van der Waals surface area contributed by atoms with Crippen LogP contribution in [-0.4, -0.2) is 16.5 Å². The summed E-state index contributed by atoms with van der Waals surface area (Å²) in [7, 11) is 0. The van der Waals surface area contributed by atoms with E-state index in [1.807, 2.05) is 0 Å². The number of nitrogens with two attached hydrogens (primary N) is 1. The number of nitrogen functional groups attached to an aromatic ring is 1. The predicted molar refractivity (Wildman–Crippen MR) is 82.3 cm³/mol. The molecule has 1 aromatic heterocycles. The highest BCUT2D eigenvalue weighted by atomic mass is 15.2. The molecule has 0 fully saturated rings. The van der Waals surface area contributed by atoms with Gasteiger partial charge in [-0.05, 0) is 30.4 Å². The minimum atomic E-state index is 0.346. The normalized spacial score (nSPS) is 14.4. The molecule has 4 heteroatoms. The molecular formula is C16H20N4. The van der Waals surface area contributed by atoms with Crippen molar-refractivity contribution in [2.45, 2.75) is 32.6 Å². The lowest BCUT2D eigenvalue weighted by Gasteiger charge is -2.30. The van der Waals surface area contributed by atoms with Crippen molar-refractivity contribution in [2.24, 2.45) is 0 Å². The fourth-order valence-corrected chi connectivity index (χ4v) is 2.68. The van der Waals surface area contributed by atoms with Crippen LogP contribution in [0.1, 0.15) is 37.4 Å². The summed E-state index contributed by atoms with van der Waals surface area (Å²) in [5.74, 6) is 1.61. The Morgan fingerprint density at radius 3 is 2.80 bits per heavy atom. The molecule has 1 aliphatic rings. The van der Waals surface area contributed by atoms with Gasteiger partial charge in [-0.3, -0.25) is 0 Å². The lowest BCUT2D eigenvalue weighted by molar-refractivity contribution is 0.753. The van der Waals surface area contributed by atoms with Crippen molar-refractivity contribution in [3.05, 3.63) is 41.6 Å². The molecule has 3 rings (SSSR count). The van der Waals surface area contributed by atoms with Crippen LogP contribution < -0.4 is 10.6 Å². The van der Waals surface area contributed by atoms with Gasteiger partial charge in [0.25, 0.3) is 0 Å². The highest BCUT2D eigenvalue weighted by Gasteiger charge is 2.20. The molecule has 0 spiro atoms. The van der Waals surface area contributed by atoms with Gasteiger partial charge in [-0.2, -0.15) is 4.98 Å². The average molecular weight is 268 g/mol. The monoisotopic (exact) mass is 268 g/mol. The molecule has 104 valence electrons. The Hall–Kier alpha value is -2.10. The third kappa shape index (κ3) is 2.33. The van der Waals surface area contributed by atoms with E-state index in [1.165, 1.54) is 11.3 Å². The smallest absolute Gasteiger partial charge is 0.222 e. The maximum atomic E-state index is 5.87. The maximum absolute atomic E-state index is 5.87. The van der Waals surface area contributed by atoms with E-state index >= 15 is 0 Å². The van der Waals surface area contributed by atoms with E-state index in [0.29, 0.717) is 11.9 Å². The fourth-order valence-electron chi connectivity index (χ4n) is 2.68. The molecule has 4 nitrogen and oxygen atoms in total. The summed E-state index contributed by atoms with van der Waals surface area (Å²) in [5, 5.41) is 0. The highest BCUT2D eigenvalue weighted by Crippen LogP contribution is 2.33. The summed E-state index contributed by atoms with van der Waals surface area (Å²) < 4.78 is 0. The van der Waals surface area contributed by atoms with Crippen molar-refractivity contribution >= 4 is 17.5 Å². The van der Waals surface area contributed by atoms with Crippen LogP contribution in [-0.2, 0) is 6.42 Å². The lowest BCUT2D eigenvalue weighted by Crippen LogP contribution is -2.26. The van der Waals surface area contributed by atoms with Crippen LogP contribution in [0, 0.1) is 0 Å². The fraction of sp³-hybridized carbons (Fsp3) is 0.375. The minimum absolute atomic E-state index is 0.346. The quantitative estimate of drug-likeness (QED) is 0.908. The van der Waals surface area contributed by atoms with E-state index in [0.717, 1.165) is 30.9 Å². The first-order valence-electron chi connectivity index (χ1n) is 7.15. The summed E-state index contributed by atoms with van der Waals surface area (Å²) in [6.07, 6.45) is 2.27. The van der Waals surface area contributed by atoms with Gasteiger partial charge in [0.2, 0.25) is 5.95 Å².